The second kappa shape index (κ2) is 8.46. The van der Waals surface area contributed by atoms with Crippen LogP contribution < -0.4 is 10.1 Å². The normalized spacial score (nSPS) is 10.4. The van der Waals surface area contributed by atoms with E-state index in [1.807, 2.05) is 54.6 Å². The quantitative estimate of drug-likeness (QED) is 0.483. The van der Waals surface area contributed by atoms with E-state index in [1.165, 1.54) is 6.07 Å². The van der Waals surface area contributed by atoms with Crippen LogP contribution >= 0.6 is 11.3 Å². The van der Waals surface area contributed by atoms with Gasteiger partial charge in [0, 0.05) is 12.6 Å². The maximum atomic E-state index is 12.3. The lowest BCUT2D eigenvalue weighted by molar-refractivity contribution is -0.385. The molecule has 27 heavy (non-hydrogen) atoms. The number of rotatable bonds is 7. The smallest absolute Gasteiger partial charge is 0.283 e. The van der Waals surface area contributed by atoms with E-state index in [0.717, 1.165) is 28.2 Å². The van der Waals surface area contributed by atoms with Gasteiger partial charge in [-0.1, -0.05) is 42.5 Å². The lowest BCUT2D eigenvalue weighted by atomic mass is 10.1. The summed E-state index contributed by atoms with van der Waals surface area (Å²) in [5.74, 6) is 0.452. The molecule has 0 atom stereocenters. The largest absolute Gasteiger partial charge is 0.489 e. The zero-order chi connectivity index (χ0) is 19.2. The number of amides is 1. The van der Waals surface area contributed by atoms with Crippen molar-refractivity contribution < 1.29 is 14.5 Å². The molecule has 2 aromatic carbocycles. The molecule has 1 aromatic heterocycles. The van der Waals surface area contributed by atoms with Gasteiger partial charge in [0.15, 0.2) is 0 Å². The second-order valence-corrected chi connectivity index (χ2v) is 7.12. The SMILES string of the molecule is Cc1sc(C(=O)NCc2ccccc2COc2ccccc2)cc1[N+](=O)[O-]. The minimum absolute atomic E-state index is 0.0261. The molecule has 1 heterocycles. The molecular formula is C20H18N2O4S. The van der Waals surface area contributed by atoms with Crippen LogP contribution in [-0.4, -0.2) is 10.8 Å². The number of hydrogen-bond donors (Lipinski definition) is 1. The molecule has 0 spiro atoms. The number of hydrogen-bond acceptors (Lipinski definition) is 5. The van der Waals surface area contributed by atoms with Gasteiger partial charge in [-0.2, -0.15) is 0 Å². The summed E-state index contributed by atoms with van der Waals surface area (Å²) in [4.78, 5) is 23.7. The highest BCUT2D eigenvalue weighted by Gasteiger charge is 2.19. The molecule has 0 fully saturated rings. The Bertz CT molecular complexity index is 954. The highest BCUT2D eigenvalue weighted by atomic mass is 32.1. The Hall–Kier alpha value is -3.19. The number of benzene rings is 2. The van der Waals surface area contributed by atoms with Gasteiger partial charge in [-0.05, 0) is 30.2 Å². The highest BCUT2D eigenvalue weighted by Crippen LogP contribution is 2.28. The third-order valence-electron chi connectivity index (χ3n) is 4.01. The summed E-state index contributed by atoms with van der Waals surface area (Å²) < 4.78 is 5.78. The van der Waals surface area contributed by atoms with E-state index in [4.69, 9.17) is 4.74 Å². The molecule has 6 nitrogen and oxygen atoms in total. The summed E-state index contributed by atoms with van der Waals surface area (Å²) in [5, 5.41) is 13.8. The molecule has 0 radical (unpaired) electrons. The fourth-order valence-electron chi connectivity index (χ4n) is 2.58. The van der Waals surface area contributed by atoms with Crippen molar-refractivity contribution in [1.29, 1.82) is 0 Å². The zero-order valence-electron chi connectivity index (χ0n) is 14.7. The van der Waals surface area contributed by atoms with Gasteiger partial charge < -0.3 is 10.1 Å². The lowest BCUT2D eigenvalue weighted by Gasteiger charge is -2.11. The van der Waals surface area contributed by atoms with Crippen LogP contribution in [0.25, 0.3) is 0 Å². The Kier molecular flexibility index (Phi) is 5.83. The van der Waals surface area contributed by atoms with Crippen LogP contribution in [0.4, 0.5) is 5.69 Å². The Morgan fingerprint density at radius 2 is 1.78 bits per heavy atom. The molecule has 3 aromatic rings. The van der Waals surface area contributed by atoms with Crippen molar-refractivity contribution in [2.75, 3.05) is 0 Å². The van der Waals surface area contributed by atoms with Crippen molar-refractivity contribution >= 4 is 22.9 Å². The van der Waals surface area contributed by atoms with Crippen LogP contribution in [-0.2, 0) is 13.2 Å². The predicted octanol–water partition coefficient (Wildman–Crippen LogP) is 4.47. The van der Waals surface area contributed by atoms with E-state index < -0.39 is 4.92 Å². The number of nitrogens with one attached hydrogen (secondary N) is 1. The zero-order valence-corrected chi connectivity index (χ0v) is 15.5. The first-order valence-electron chi connectivity index (χ1n) is 8.32. The van der Waals surface area contributed by atoms with Crippen molar-refractivity contribution in [1.82, 2.24) is 5.32 Å². The van der Waals surface area contributed by atoms with Crippen molar-refractivity contribution in [2.45, 2.75) is 20.1 Å². The van der Waals surface area contributed by atoms with Crippen molar-refractivity contribution in [3.8, 4) is 5.75 Å². The number of nitro groups is 1. The molecule has 138 valence electrons. The third kappa shape index (κ3) is 4.71. The van der Waals surface area contributed by atoms with Crippen LogP contribution in [0.15, 0.2) is 60.7 Å². The fourth-order valence-corrected chi connectivity index (χ4v) is 3.48. The molecule has 1 N–H and O–H groups in total. The molecule has 1 amide bonds. The first kappa shape index (κ1) is 18.6. The van der Waals surface area contributed by atoms with E-state index in [-0.39, 0.29) is 11.6 Å². The van der Waals surface area contributed by atoms with Gasteiger partial charge in [0.2, 0.25) is 0 Å². The fraction of sp³-hybridized carbons (Fsp3) is 0.150. The van der Waals surface area contributed by atoms with E-state index in [1.54, 1.807) is 6.92 Å². The van der Waals surface area contributed by atoms with E-state index in [9.17, 15) is 14.9 Å². The van der Waals surface area contributed by atoms with Gasteiger partial charge in [-0.3, -0.25) is 14.9 Å². The maximum absolute atomic E-state index is 12.3. The van der Waals surface area contributed by atoms with Gasteiger partial charge in [0.25, 0.3) is 11.6 Å². The maximum Gasteiger partial charge on any atom is 0.283 e. The summed E-state index contributed by atoms with van der Waals surface area (Å²) in [6, 6.07) is 18.5. The van der Waals surface area contributed by atoms with Gasteiger partial charge in [-0.15, -0.1) is 11.3 Å². The molecule has 3 rings (SSSR count). The molecule has 0 aliphatic heterocycles. The standard InChI is InChI=1S/C20H18N2O4S/c1-14-18(22(24)25)11-19(27-14)20(23)21-12-15-7-5-6-8-16(15)13-26-17-9-3-2-4-10-17/h2-11H,12-13H2,1H3,(H,21,23). The minimum atomic E-state index is -0.473. The lowest BCUT2D eigenvalue weighted by Crippen LogP contribution is -2.22. The first-order chi connectivity index (χ1) is 13.0. The summed E-state index contributed by atoms with van der Waals surface area (Å²) >= 11 is 1.12. The predicted molar refractivity (Wildman–Crippen MR) is 104 cm³/mol. The molecule has 0 bridgehead atoms. The summed E-state index contributed by atoms with van der Waals surface area (Å²) in [6.07, 6.45) is 0. The Balaban J connectivity index is 1.65. The average molecular weight is 382 g/mol. The van der Waals surface area contributed by atoms with Gasteiger partial charge >= 0.3 is 0 Å². The van der Waals surface area contributed by atoms with Crippen LogP contribution in [0.2, 0.25) is 0 Å². The molecule has 0 unspecified atom stereocenters. The number of aryl methyl sites for hydroxylation is 1. The highest BCUT2D eigenvalue weighted by molar-refractivity contribution is 7.14. The molecule has 0 aliphatic carbocycles. The van der Waals surface area contributed by atoms with Crippen molar-refractivity contribution in [3.63, 3.8) is 0 Å². The monoisotopic (exact) mass is 382 g/mol. The number of para-hydroxylation sites is 1. The third-order valence-corrected chi connectivity index (χ3v) is 5.05. The Morgan fingerprint density at radius 1 is 1.11 bits per heavy atom. The molecule has 0 aliphatic rings. The first-order valence-corrected chi connectivity index (χ1v) is 9.14. The summed E-state index contributed by atoms with van der Waals surface area (Å²) in [6.45, 7) is 2.34. The van der Waals surface area contributed by atoms with Crippen LogP contribution in [0, 0.1) is 17.0 Å². The number of thiophene rings is 1. The Labute approximate surface area is 160 Å². The van der Waals surface area contributed by atoms with Crippen molar-refractivity contribution in [3.05, 3.63) is 91.7 Å². The topological polar surface area (TPSA) is 81.5 Å². The van der Waals surface area contributed by atoms with E-state index in [0.29, 0.717) is 22.9 Å². The van der Waals surface area contributed by atoms with Gasteiger partial charge in [0.1, 0.15) is 12.4 Å². The van der Waals surface area contributed by atoms with Gasteiger partial charge in [-0.25, -0.2) is 0 Å². The molecule has 0 saturated carbocycles. The van der Waals surface area contributed by atoms with E-state index in [2.05, 4.69) is 5.32 Å². The molecule has 0 saturated heterocycles. The van der Waals surface area contributed by atoms with Crippen LogP contribution in [0.3, 0.4) is 0 Å². The molecular weight excluding hydrogens is 364 g/mol. The number of ether oxygens (including phenoxy) is 1. The second-order valence-electron chi connectivity index (χ2n) is 5.86. The minimum Gasteiger partial charge on any atom is -0.489 e. The van der Waals surface area contributed by atoms with Gasteiger partial charge in [0.05, 0.1) is 14.7 Å². The van der Waals surface area contributed by atoms with E-state index >= 15 is 0 Å². The Morgan fingerprint density at radius 3 is 2.44 bits per heavy atom. The number of nitrogens with zero attached hydrogens (tertiary/aromatic N) is 1. The van der Waals surface area contributed by atoms with Crippen molar-refractivity contribution in [2.24, 2.45) is 0 Å². The number of carbonyl (C=O) groups excluding carboxylic acids is 1. The molecule has 7 heteroatoms. The summed E-state index contributed by atoms with van der Waals surface area (Å²) in [5.41, 5.74) is 1.88. The average Bonchev–Trinajstić information content (AvgIpc) is 3.08. The van der Waals surface area contributed by atoms with Crippen LogP contribution in [0.1, 0.15) is 25.7 Å². The summed E-state index contributed by atoms with van der Waals surface area (Å²) in [7, 11) is 0. The van der Waals surface area contributed by atoms with Crippen LogP contribution in [0.5, 0.6) is 5.75 Å². The number of carbonyl (C=O) groups is 1.